The second-order valence-corrected chi connectivity index (χ2v) is 6.30. The van der Waals surface area contributed by atoms with Gasteiger partial charge in [0.05, 0.1) is 5.39 Å². The van der Waals surface area contributed by atoms with E-state index in [2.05, 4.69) is 21.2 Å². The van der Waals surface area contributed by atoms with Crippen LogP contribution >= 0.6 is 15.9 Å². The fourth-order valence-electron chi connectivity index (χ4n) is 2.30. The van der Waals surface area contributed by atoms with Crippen LogP contribution in [0, 0.1) is 13.8 Å². The number of anilines is 1. The predicted octanol–water partition coefficient (Wildman–Crippen LogP) is 4.42. The molecule has 0 unspecified atom stereocenters. The van der Waals surface area contributed by atoms with Gasteiger partial charge in [0, 0.05) is 16.2 Å². The Morgan fingerprint density at radius 3 is 2.65 bits per heavy atom. The summed E-state index contributed by atoms with van der Waals surface area (Å²) in [5, 5.41) is 3.23. The third-order valence-corrected chi connectivity index (χ3v) is 4.05. The van der Waals surface area contributed by atoms with Crippen molar-refractivity contribution in [1.29, 1.82) is 0 Å². The fourth-order valence-corrected chi connectivity index (χ4v) is 2.64. The summed E-state index contributed by atoms with van der Waals surface area (Å²) in [6.45, 7) is 3.85. The topological polar surface area (TPSA) is 59.3 Å². The van der Waals surface area contributed by atoms with Crippen molar-refractivity contribution < 1.29 is 9.21 Å². The van der Waals surface area contributed by atoms with Gasteiger partial charge in [-0.1, -0.05) is 28.1 Å². The van der Waals surface area contributed by atoms with Crippen LogP contribution in [-0.4, -0.2) is 5.91 Å². The van der Waals surface area contributed by atoms with E-state index in [1.807, 2.05) is 32.0 Å². The van der Waals surface area contributed by atoms with Crippen LogP contribution < -0.4 is 10.7 Å². The first-order valence-electron chi connectivity index (χ1n) is 7.06. The molecular weight excluding hydrogens is 358 g/mol. The molecule has 3 rings (SSSR count). The van der Waals surface area contributed by atoms with Crippen molar-refractivity contribution in [2.75, 3.05) is 5.32 Å². The molecule has 0 aliphatic heterocycles. The lowest BCUT2D eigenvalue weighted by Crippen LogP contribution is -2.15. The molecular formula is C18H14BrNO3. The number of carbonyl (C=O) groups excluding carboxylic acids is 1. The van der Waals surface area contributed by atoms with Crippen molar-refractivity contribution in [2.45, 2.75) is 13.8 Å². The van der Waals surface area contributed by atoms with E-state index < -0.39 is 5.91 Å². The van der Waals surface area contributed by atoms with E-state index in [1.165, 1.54) is 6.07 Å². The Morgan fingerprint density at radius 2 is 1.87 bits per heavy atom. The average molecular weight is 372 g/mol. The Labute approximate surface area is 141 Å². The highest BCUT2D eigenvalue weighted by Crippen LogP contribution is 2.20. The van der Waals surface area contributed by atoms with Gasteiger partial charge in [-0.15, -0.1) is 0 Å². The van der Waals surface area contributed by atoms with Crippen LogP contribution in [-0.2, 0) is 0 Å². The monoisotopic (exact) mass is 371 g/mol. The van der Waals surface area contributed by atoms with E-state index in [0.717, 1.165) is 15.6 Å². The summed E-state index contributed by atoms with van der Waals surface area (Å²) in [7, 11) is 0. The van der Waals surface area contributed by atoms with E-state index in [9.17, 15) is 9.59 Å². The highest BCUT2D eigenvalue weighted by atomic mass is 79.9. The number of benzene rings is 2. The number of aryl methyl sites for hydroxylation is 2. The van der Waals surface area contributed by atoms with Crippen LogP contribution in [0.5, 0.6) is 0 Å². The number of hydrogen-bond donors (Lipinski definition) is 1. The molecule has 23 heavy (non-hydrogen) atoms. The van der Waals surface area contributed by atoms with Gasteiger partial charge < -0.3 is 9.73 Å². The number of hydrogen-bond acceptors (Lipinski definition) is 3. The molecule has 0 saturated carbocycles. The second-order valence-electron chi connectivity index (χ2n) is 5.39. The molecule has 4 nitrogen and oxygen atoms in total. The summed E-state index contributed by atoms with van der Waals surface area (Å²) in [5.74, 6) is -0.459. The van der Waals surface area contributed by atoms with Crippen molar-refractivity contribution in [1.82, 2.24) is 0 Å². The number of amides is 1. The molecule has 0 fully saturated rings. The Kier molecular flexibility index (Phi) is 4.05. The maximum atomic E-state index is 12.4. The first-order valence-corrected chi connectivity index (χ1v) is 7.85. The van der Waals surface area contributed by atoms with Crippen molar-refractivity contribution in [3.8, 4) is 0 Å². The SMILES string of the molecule is Cc1ccc(C)c(NC(=O)c2cc(=O)c3ccc(Br)cc3o2)c1. The highest BCUT2D eigenvalue weighted by Gasteiger charge is 2.14. The van der Waals surface area contributed by atoms with Crippen LogP contribution in [0.2, 0.25) is 0 Å². The molecule has 1 amide bonds. The lowest BCUT2D eigenvalue weighted by Gasteiger charge is -2.09. The molecule has 0 aliphatic rings. The van der Waals surface area contributed by atoms with Gasteiger partial charge in [-0.2, -0.15) is 0 Å². The van der Waals surface area contributed by atoms with Crippen LogP contribution in [0.1, 0.15) is 21.7 Å². The number of fused-ring (bicyclic) bond motifs is 1. The highest BCUT2D eigenvalue weighted by molar-refractivity contribution is 9.10. The molecule has 3 aromatic rings. The Bertz CT molecular complexity index is 976. The maximum absolute atomic E-state index is 12.4. The maximum Gasteiger partial charge on any atom is 0.291 e. The van der Waals surface area contributed by atoms with Crippen molar-refractivity contribution >= 4 is 38.5 Å². The van der Waals surface area contributed by atoms with Crippen LogP contribution in [0.3, 0.4) is 0 Å². The number of halogens is 1. The Hall–Kier alpha value is -2.40. The minimum atomic E-state index is -0.447. The summed E-state index contributed by atoms with van der Waals surface area (Å²) in [6, 6.07) is 12.1. The summed E-state index contributed by atoms with van der Waals surface area (Å²) in [5.41, 5.74) is 2.81. The molecule has 5 heteroatoms. The Morgan fingerprint density at radius 1 is 1.09 bits per heavy atom. The van der Waals surface area contributed by atoms with E-state index in [0.29, 0.717) is 16.7 Å². The van der Waals surface area contributed by atoms with Gasteiger partial charge in [-0.05, 0) is 49.2 Å². The molecule has 1 N–H and O–H groups in total. The van der Waals surface area contributed by atoms with Gasteiger partial charge in [0.25, 0.3) is 5.91 Å². The normalized spacial score (nSPS) is 10.7. The van der Waals surface area contributed by atoms with E-state index in [-0.39, 0.29) is 11.2 Å². The first kappa shape index (κ1) is 15.5. The number of carbonyl (C=O) groups is 1. The Balaban J connectivity index is 2.01. The van der Waals surface area contributed by atoms with E-state index in [4.69, 9.17) is 4.42 Å². The van der Waals surface area contributed by atoms with Gasteiger partial charge in [-0.25, -0.2) is 0 Å². The molecule has 0 bridgehead atoms. The summed E-state index contributed by atoms with van der Waals surface area (Å²) < 4.78 is 6.36. The molecule has 0 spiro atoms. The second kappa shape index (κ2) is 6.01. The van der Waals surface area contributed by atoms with Crippen LogP contribution in [0.4, 0.5) is 5.69 Å². The minimum absolute atomic E-state index is 0.0125. The van der Waals surface area contributed by atoms with Crippen molar-refractivity contribution in [3.05, 3.63) is 74.0 Å². The molecule has 2 aromatic carbocycles. The van der Waals surface area contributed by atoms with Gasteiger partial charge in [-0.3, -0.25) is 9.59 Å². The molecule has 1 heterocycles. The largest absolute Gasteiger partial charge is 0.451 e. The third kappa shape index (κ3) is 3.19. The first-order chi connectivity index (χ1) is 10.9. The van der Waals surface area contributed by atoms with Gasteiger partial charge >= 0.3 is 0 Å². The van der Waals surface area contributed by atoms with Gasteiger partial charge in [0.2, 0.25) is 0 Å². The predicted molar refractivity (Wildman–Crippen MR) is 94.1 cm³/mol. The molecule has 0 radical (unpaired) electrons. The quantitative estimate of drug-likeness (QED) is 0.724. The number of nitrogens with one attached hydrogen (secondary N) is 1. The van der Waals surface area contributed by atoms with Crippen LogP contribution in [0.15, 0.2) is 56.1 Å². The molecule has 0 atom stereocenters. The third-order valence-electron chi connectivity index (χ3n) is 3.56. The summed E-state index contributed by atoms with van der Waals surface area (Å²) in [4.78, 5) is 24.5. The van der Waals surface area contributed by atoms with Crippen molar-refractivity contribution in [2.24, 2.45) is 0 Å². The van der Waals surface area contributed by atoms with E-state index in [1.54, 1.807) is 18.2 Å². The summed E-state index contributed by atoms with van der Waals surface area (Å²) in [6.07, 6.45) is 0. The molecule has 1 aromatic heterocycles. The number of rotatable bonds is 2. The zero-order chi connectivity index (χ0) is 16.6. The fraction of sp³-hybridized carbons (Fsp3) is 0.111. The molecule has 0 saturated heterocycles. The van der Waals surface area contributed by atoms with Crippen molar-refractivity contribution in [3.63, 3.8) is 0 Å². The molecule has 116 valence electrons. The van der Waals surface area contributed by atoms with Gasteiger partial charge in [0.15, 0.2) is 11.2 Å². The molecule has 0 aliphatic carbocycles. The average Bonchev–Trinajstić information content (AvgIpc) is 2.50. The summed E-state index contributed by atoms with van der Waals surface area (Å²) >= 11 is 3.33. The lowest BCUT2D eigenvalue weighted by molar-refractivity contribution is 0.0997. The lowest BCUT2D eigenvalue weighted by atomic mass is 10.1. The smallest absolute Gasteiger partial charge is 0.291 e. The zero-order valence-corrected chi connectivity index (χ0v) is 14.2. The minimum Gasteiger partial charge on any atom is -0.451 e. The van der Waals surface area contributed by atoms with Crippen LogP contribution in [0.25, 0.3) is 11.0 Å². The van der Waals surface area contributed by atoms with E-state index >= 15 is 0 Å². The standard InChI is InChI=1S/C18H14BrNO3/c1-10-3-4-11(2)14(7-10)20-18(22)17-9-15(21)13-6-5-12(19)8-16(13)23-17/h3-9H,1-2H3,(H,20,22). The zero-order valence-electron chi connectivity index (χ0n) is 12.6. The van der Waals surface area contributed by atoms with Gasteiger partial charge in [0.1, 0.15) is 5.58 Å².